The van der Waals surface area contributed by atoms with Crippen LogP contribution < -0.4 is 24.4 Å². The zero-order valence-electron chi connectivity index (χ0n) is 20.3. The van der Waals surface area contributed by atoms with E-state index in [1.54, 1.807) is 48.5 Å². The maximum absolute atomic E-state index is 13.8. The van der Waals surface area contributed by atoms with E-state index in [2.05, 4.69) is 5.32 Å². The Morgan fingerprint density at radius 3 is 2.58 bits per heavy atom. The van der Waals surface area contributed by atoms with Gasteiger partial charge in [-0.05, 0) is 67.1 Å². The molecule has 11 heteroatoms. The first-order valence-electron chi connectivity index (χ1n) is 11.4. The summed E-state index contributed by atoms with van der Waals surface area (Å²) in [7, 11) is 1.42. The molecule has 0 radical (unpaired) electrons. The Hall–Kier alpha value is -3.60. The second-order valence-electron chi connectivity index (χ2n) is 7.79. The normalized spacial score (nSPS) is 14.1. The number of nitrogens with zero attached hydrogens (tertiary/aromatic N) is 1. The molecule has 0 atom stereocenters. The molecule has 1 N–H and O–H groups in total. The molecule has 7 nitrogen and oxygen atoms in total. The van der Waals surface area contributed by atoms with E-state index in [1.165, 1.54) is 30.2 Å². The minimum Gasteiger partial charge on any atom is -0.494 e. The van der Waals surface area contributed by atoms with Crippen molar-refractivity contribution >= 4 is 69.2 Å². The average Bonchev–Trinajstić information content (AvgIpc) is 3.17. The molecule has 0 bridgehead atoms. The van der Waals surface area contributed by atoms with Gasteiger partial charge in [0, 0.05) is 0 Å². The van der Waals surface area contributed by atoms with Gasteiger partial charge in [-0.1, -0.05) is 47.7 Å². The second-order valence-corrected chi connectivity index (χ2v) is 9.88. The van der Waals surface area contributed by atoms with Gasteiger partial charge in [-0.15, -0.1) is 0 Å². The molecule has 0 saturated carbocycles. The van der Waals surface area contributed by atoms with Crippen molar-refractivity contribution < 1.29 is 28.2 Å². The number of hydrogen-bond donors (Lipinski definition) is 1. The maximum Gasteiger partial charge on any atom is 0.270 e. The summed E-state index contributed by atoms with van der Waals surface area (Å²) >= 11 is 13.0. The predicted octanol–water partition coefficient (Wildman–Crippen LogP) is 6.31. The average molecular weight is 573 g/mol. The van der Waals surface area contributed by atoms with Crippen LogP contribution in [0.4, 0.5) is 15.8 Å². The quantitative estimate of drug-likeness (QED) is 0.238. The molecule has 2 amide bonds. The lowest BCUT2D eigenvalue weighted by atomic mass is 10.1. The second kappa shape index (κ2) is 12.3. The summed E-state index contributed by atoms with van der Waals surface area (Å²) in [5.41, 5.74) is 1.24. The first-order valence-corrected chi connectivity index (χ1v) is 13.0. The molecule has 1 saturated heterocycles. The molecule has 0 aromatic heterocycles. The summed E-state index contributed by atoms with van der Waals surface area (Å²) in [4.78, 5) is 27.3. The van der Waals surface area contributed by atoms with Crippen LogP contribution in [-0.4, -0.2) is 36.5 Å². The van der Waals surface area contributed by atoms with Crippen LogP contribution in [0.5, 0.6) is 17.2 Å². The van der Waals surface area contributed by atoms with Crippen LogP contribution in [0.15, 0.2) is 65.6 Å². The van der Waals surface area contributed by atoms with Crippen LogP contribution in [0.3, 0.4) is 0 Å². The Balaban J connectivity index is 1.49. The molecular weight excluding hydrogens is 551 g/mol. The van der Waals surface area contributed by atoms with Crippen LogP contribution in [0.1, 0.15) is 12.5 Å². The Bertz CT molecular complexity index is 1420. The van der Waals surface area contributed by atoms with Gasteiger partial charge in [-0.25, -0.2) is 4.39 Å². The van der Waals surface area contributed by atoms with Crippen molar-refractivity contribution in [3.8, 4) is 17.2 Å². The predicted molar refractivity (Wildman–Crippen MR) is 152 cm³/mol. The number of para-hydroxylation sites is 1. The maximum atomic E-state index is 13.8. The van der Waals surface area contributed by atoms with Gasteiger partial charge in [-0.2, -0.15) is 0 Å². The molecule has 0 spiro atoms. The molecule has 1 aliphatic rings. The number of thioether (sulfide) groups is 1. The molecule has 4 rings (SSSR count). The lowest BCUT2D eigenvalue weighted by molar-refractivity contribution is -0.118. The molecule has 1 heterocycles. The highest BCUT2D eigenvalue weighted by molar-refractivity contribution is 8.27. The van der Waals surface area contributed by atoms with Gasteiger partial charge < -0.3 is 19.5 Å². The van der Waals surface area contributed by atoms with Crippen molar-refractivity contribution in [2.75, 3.05) is 30.5 Å². The number of benzene rings is 3. The van der Waals surface area contributed by atoms with Crippen LogP contribution in [0.2, 0.25) is 5.02 Å². The van der Waals surface area contributed by atoms with Crippen LogP contribution in [0.25, 0.3) is 6.08 Å². The number of hydrogen-bond acceptors (Lipinski definition) is 7. The fourth-order valence-electron chi connectivity index (χ4n) is 3.55. The van der Waals surface area contributed by atoms with Crippen molar-refractivity contribution in [2.24, 2.45) is 0 Å². The molecule has 3 aromatic rings. The summed E-state index contributed by atoms with van der Waals surface area (Å²) in [5, 5.41) is 2.60. The van der Waals surface area contributed by atoms with Crippen molar-refractivity contribution in [3.05, 3.63) is 82.0 Å². The van der Waals surface area contributed by atoms with Gasteiger partial charge in [0.05, 0.1) is 35.0 Å². The topological polar surface area (TPSA) is 77.1 Å². The minimum absolute atomic E-state index is 0.0389. The SMILES string of the molecule is CCOc1ccc(N2C(=O)/C(=C/c3cc(Cl)c(OCC(=O)Nc4ccccc4F)c(OC)c3)SC2=S)cc1. The number of thiocarbonyl (C=S) groups is 1. The number of anilines is 2. The van der Waals surface area contributed by atoms with E-state index in [9.17, 15) is 14.0 Å². The highest BCUT2D eigenvalue weighted by Crippen LogP contribution is 2.40. The van der Waals surface area contributed by atoms with E-state index < -0.39 is 18.3 Å². The Morgan fingerprint density at radius 2 is 1.89 bits per heavy atom. The largest absolute Gasteiger partial charge is 0.494 e. The fraction of sp³-hybridized carbons (Fsp3) is 0.148. The smallest absolute Gasteiger partial charge is 0.270 e. The number of ether oxygens (including phenoxy) is 3. The van der Waals surface area contributed by atoms with Crippen LogP contribution >= 0.6 is 35.6 Å². The Morgan fingerprint density at radius 1 is 1.16 bits per heavy atom. The molecule has 0 unspecified atom stereocenters. The third-order valence-electron chi connectivity index (χ3n) is 5.24. The van der Waals surface area contributed by atoms with E-state index in [4.69, 9.17) is 38.0 Å². The standard InChI is InChI=1S/C27H22ClFN2O5S2/c1-3-35-18-10-8-17(9-11-18)31-26(33)23(38-27(31)37)14-16-12-19(28)25(22(13-16)34-2)36-15-24(32)30-21-7-5-4-6-20(21)29/h4-14H,3,15H2,1-2H3,(H,30,32)/b23-14-. The summed E-state index contributed by atoms with van der Waals surface area (Å²) < 4.78 is 30.6. The van der Waals surface area contributed by atoms with Gasteiger partial charge in [0.25, 0.3) is 11.8 Å². The highest BCUT2D eigenvalue weighted by atomic mass is 35.5. The van der Waals surface area contributed by atoms with Gasteiger partial charge in [0.1, 0.15) is 11.6 Å². The van der Waals surface area contributed by atoms with Crippen molar-refractivity contribution in [1.82, 2.24) is 0 Å². The monoisotopic (exact) mass is 572 g/mol. The molecule has 0 aliphatic carbocycles. The summed E-state index contributed by atoms with van der Waals surface area (Å²) in [6.45, 7) is 2.01. The van der Waals surface area contributed by atoms with Crippen molar-refractivity contribution in [3.63, 3.8) is 0 Å². The zero-order valence-corrected chi connectivity index (χ0v) is 22.7. The third-order valence-corrected chi connectivity index (χ3v) is 6.83. The molecule has 38 heavy (non-hydrogen) atoms. The van der Waals surface area contributed by atoms with Gasteiger partial charge >= 0.3 is 0 Å². The molecule has 1 aliphatic heterocycles. The van der Waals surface area contributed by atoms with Gasteiger partial charge in [0.2, 0.25) is 0 Å². The van der Waals surface area contributed by atoms with E-state index in [-0.39, 0.29) is 28.1 Å². The van der Waals surface area contributed by atoms with Crippen molar-refractivity contribution in [1.29, 1.82) is 0 Å². The minimum atomic E-state index is -0.574. The number of carbonyl (C=O) groups excluding carboxylic acids is 2. The molecule has 1 fully saturated rings. The van der Waals surface area contributed by atoms with E-state index in [0.717, 1.165) is 11.8 Å². The number of nitrogens with one attached hydrogen (secondary N) is 1. The summed E-state index contributed by atoms with van der Waals surface area (Å²) in [6.07, 6.45) is 1.65. The molecular formula is C27H22ClFN2O5S2. The third kappa shape index (κ3) is 6.27. The molecule has 3 aromatic carbocycles. The van der Waals surface area contributed by atoms with Gasteiger partial charge in [-0.3, -0.25) is 14.5 Å². The zero-order chi connectivity index (χ0) is 27.2. The highest BCUT2D eigenvalue weighted by Gasteiger charge is 2.33. The van der Waals surface area contributed by atoms with E-state index in [0.29, 0.717) is 32.8 Å². The first kappa shape index (κ1) is 27.4. The lowest BCUT2D eigenvalue weighted by Crippen LogP contribution is -2.27. The number of carbonyl (C=O) groups is 2. The number of methoxy groups -OCH3 is 1. The van der Waals surface area contributed by atoms with E-state index >= 15 is 0 Å². The fourth-order valence-corrected chi connectivity index (χ4v) is 5.12. The number of amides is 2. The number of halogens is 2. The van der Waals surface area contributed by atoms with Crippen molar-refractivity contribution in [2.45, 2.75) is 6.92 Å². The Kier molecular flexibility index (Phi) is 8.88. The lowest BCUT2D eigenvalue weighted by Gasteiger charge is -2.15. The van der Waals surface area contributed by atoms with Gasteiger partial charge in [0.15, 0.2) is 22.4 Å². The summed E-state index contributed by atoms with van der Waals surface area (Å²) in [6, 6.07) is 16.1. The number of rotatable bonds is 9. The van der Waals surface area contributed by atoms with Crippen LogP contribution in [-0.2, 0) is 9.59 Å². The molecule has 196 valence electrons. The van der Waals surface area contributed by atoms with Crippen LogP contribution in [0, 0.1) is 5.82 Å². The Labute approximate surface area is 233 Å². The summed E-state index contributed by atoms with van der Waals surface area (Å²) in [5.74, 6) is -0.319. The first-order chi connectivity index (χ1) is 18.3. The van der Waals surface area contributed by atoms with E-state index in [1.807, 2.05) is 6.92 Å².